The molecule has 28 heavy (non-hydrogen) atoms. The molecule has 8 heteroatoms. The lowest BCUT2D eigenvalue weighted by atomic mass is 10.0. The SMILES string of the molecule is CC(C)CC(NC(=O)c1ccc(Cl)cc1)C(=O)NCCNC(=O)c1ccco1. The maximum absolute atomic E-state index is 12.5. The first-order valence-electron chi connectivity index (χ1n) is 9.02. The third kappa shape index (κ3) is 6.74. The number of amides is 3. The maximum atomic E-state index is 12.5. The molecule has 0 saturated heterocycles. The summed E-state index contributed by atoms with van der Waals surface area (Å²) in [7, 11) is 0. The van der Waals surface area contributed by atoms with Crippen molar-refractivity contribution in [3.63, 3.8) is 0 Å². The van der Waals surface area contributed by atoms with Crippen LogP contribution in [0, 0.1) is 5.92 Å². The molecule has 2 rings (SSSR count). The van der Waals surface area contributed by atoms with Gasteiger partial charge in [-0.3, -0.25) is 14.4 Å². The average molecular weight is 406 g/mol. The van der Waals surface area contributed by atoms with Gasteiger partial charge < -0.3 is 20.4 Å². The lowest BCUT2D eigenvalue weighted by Gasteiger charge is -2.20. The lowest BCUT2D eigenvalue weighted by Crippen LogP contribution is -2.48. The quantitative estimate of drug-likeness (QED) is 0.558. The van der Waals surface area contributed by atoms with Gasteiger partial charge in [0.2, 0.25) is 5.91 Å². The molecule has 1 atom stereocenters. The highest BCUT2D eigenvalue weighted by Gasteiger charge is 2.22. The van der Waals surface area contributed by atoms with Crippen LogP contribution >= 0.6 is 11.6 Å². The van der Waals surface area contributed by atoms with Crippen LogP contribution in [0.25, 0.3) is 0 Å². The van der Waals surface area contributed by atoms with Gasteiger partial charge in [0, 0.05) is 23.7 Å². The molecule has 1 heterocycles. The molecule has 1 aromatic heterocycles. The molecule has 0 saturated carbocycles. The molecule has 7 nitrogen and oxygen atoms in total. The Labute approximate surface area is 168 Å². The summed E-state index contributed by atoms with van der Waals surface area (Å²) in [5, 5.41) is 8.67. The zero-order valence-corrected chi connectivity index (χ0v) is 16.6. The molecule has 3 N–H and O–H groups in total. The van der Waals surface area contributed by atoms with E-state index in [1.165, 1.54) is 6.26 Å². The van der Waals surface area contributed by atoms with Crippen molar-refractivity contribution in [3.05, 3.63) is 59.0 Å². The summed E-state index contributed by atoms with van der Waals surface area (Å²) >= 11 is 5.84. The van der Waals surface area contributed by atoms with Gasteiger partial charge in [-0.05, 0) is 48.7 Å². The van der Waals surface area contributed by atoms with Crippen LogP contribution in [-0.4, -0.2) is 36.9 Å². The summed E-state index contributed by atoms with van der Waals surface area (Å²) < 4.78 is 4.99. The van der Waals surface area contributed by atoms with Crippen molar-refractivity contribution in [2.24, 2.45) is 5.92 Å². The van der Waals surface area contributed by atoms with Gasteiger partial charge in [-0.1, -0.05) is 25.4 Å². The Morgan fingerprint density at radius 2 is 1.68 bits per heavy atom. The zero-order valence-electron chi connectivity index (χ0n) is 15.8. The Kier molecular flexibility index (Phi) is 8.07. The predicted molar refractivity (Wildman–Crippen MR) is 106 cm³/mol. The molecule has 150 valence electrons. The molecule has 0 aliphatic rings. The molecule has 0 aliphatic heterocycles. The van der Waals surface area contributed by atoms with Crippen molar-refractivity contribution in [1.29, 1.82) is 0 Å². The van der Waals surface area contributed by atoms with E-state index in [2.05, 4.69) is 16.0 Å². The summed E-state index contributed by atoms with van der Waals surface area (Å²) in [6, 6.07) is 8.95. The number of hydrogen-bond acceptors (Lipinski definition) is 4. The molecule has 0 fully saturated rings. The zero-order chi connectivity index (χ0) is 20.5. The second-order valence-corrected chi connectivity index (χ2v) is 7.12. The minimum absolute atomic E-state index is 0.208. The first-order valence-corrected chi connectivity index (χ1v) is 9.40. The summed E-state index contributed by atoms with van der Waals surface area (Å²) in [6.07, 6.45) is 1.90. The van der Waals surface area contributed by atoms with E-state index in [0.717, 1.165) is 0 Å². The molecule has 3 amide bonds. The number of nitrogens with one attached hydrogen (secondary N) is 3. The average Bonchev–Trinajstić information content (AvgIpc) is 3.19. The van der Waals surface area contributed by atoms with E-state index in [9.17, 15) is 14.4 Å². The predicted octanol–water partition coefficient (Wildman–Crippen LogP) is 2.62. The summed E-state index contributed by atoms with van der Waals surface area (Å²) in [4.78, 5) is 36.7. The van der Waals surface area contributed by atoms with Crippen LogP contribution in [0.4, 0.5) is 0 Å². The standard InChI is InChI=1S/C20H24ClN3O4/c1-13(2)12-16(24-18(25)14-5-7-15(21)8-6-14)19(26)22-9-10-23-20(27)17-4-3-11-28-17/h3-8,11,13,16H,9-10,12H2,1-2H3,(H,22,26)(H,23,27)(H,24,25). The Morgan fingerprint density at radius 3 is 2.29 bits per heavy atom. The van der Waals surface area contributed by atoms with Gasteiger partial charge in [-0.25, -0.2) is 0 Å². The molecule has 0 aliphatic carbocycles. The van der Waals surface area contributed by atoms with E-state index in [-0.39, 0.29) is 42.5 Å². The third-order valence-electron chi connectivity index (χ3n) is 3.89. The van der Waals surface area contributed by atoms with Crippen molar-refractivity contribution < 1.29 is 18.8 Å². The number of benzene rings is 1. The molecule has 0 bridgehead atoms. The van der Waals surface area contributed by atoms with E-state index < -0.39 is 6.04 Å². The van der Waals surface area contributed by atoms with Crippen molar-refractivity contribution >= 4 is 29.3 Å². The van der Waals surface area contributed by atoms with Gasteiger partial charge in [0.05, 0.1) is 6.26 Å². The van der Waals surface area contributed by atoms with E-state index in [1.54, 1.807) is 36.4 Å². The summed E-state index contributed by atoms with van der Waals surface area (Å²) in [5.41, 5.74) is 0.427. The molecular weight excluding hydrogens is 382 g/mol. The molecule has 1 unspecified atom stereocenters. The third-order valence-corrected chi connectivity index (χ3v) is 4.14. The fourth-order valence-corrected chi connectivity index (χ4v) is 2.65. The number of furan rings is 1. The minimum Gasteiger partial charge on any atom is -0.459 e. The molecule has 1 aromatic carbocycles. The molecule has 2 aromatic rings. The maximum Gasteiger partial charge on any atom is 0.287 e. The van der Waals surface area contributed by atoms with Crippen molar-refractivity contribution in [2.75, 3.05) is 13.1 Å². The number of carbonyl (C=O) groups excluding carboxylic acids is 3. The normalized spacial score (nSPS) is 11.7. The highest BCUT2D eigenvalue weighted by Crippen LogP contribution is 2.11. The first-order chi connectivity index (χ1) is 13.4. The van der Waals surface area contributed by atoms with Gasteiger partial charge in [0.25, 0.3) is 11.8 Å². The number of carbonyl (C=O) groups is 3. The molecule has 0 spiro atoms. The second-order valence-electron chi connectivity index (χ2n) is 6.69. The Bertz CT molecular complexity index is 788. The number of halogens is 1. The van der Waals surface area contributed by atoms with Crippen molar-refractivity contribution in [2.45, 2.75) is 26.3 Å². The number of rotatable bonds is 9. The first kappa shape index (κ1) is 21.5. The lowest BCUT2D eigenvalue weighted by molar-refractivity contribution is -0.123. The van der Waals surface area contributed by atoms with Gasteiger partial charge in [0.15, 0.2) is 5.76 Å². The van der Waals surface area contributed by atoms with Crippen LogP contribution in [0.5, 0.6) is 0 Å². The summed E-state index contributed by atoms with van der Waals surface area (Å²) in [6.45, 7) is 4.41. The van der Waals surface area contributed by atoms with E-state index in [0.29, 0.717) is 17.0 Å². The molecule has 0 radical (unpaired) electrons. The van der Waals surface area contributed by atoms with Gasteiger partial charge >= 0.3 is 0 Å². The van der Waals surface area contributed by atoms with Crippen LogP contribution in [0.2, 0.25) is 5.02 Å². The van der Waals surface area contributed by atoms with E-state index in [1.807, 2.05) is 13.8 Å². The topological polar surface area (TPSA) is 100 Å². The number of hydrogen-bond donors (Lipinski definition) is 3. The fraction of sp³-hybridized carbons (Fsp3) is 0.350. The Balaban J connectivity index is 1.85. The fourth-order valence-electron chi connectivity index (χ4n) is 2.53. The van der Waals surface area contributed by atoms with E-state index >= 15 is 0 Å². The second kappa shape index (κ2) is 10.5. The van der Waals surface area contributed by atoms with E-state index in [4.69, 9.17) is 16.0 Å². The van der Waals surface area contributed by atoms with Gasteiger partial charge in [-0.15, -0.1) is 0 Å². The van der Waals surface area contributed by atoms with Crippen LogP contribution in [-0.2, 0) is 4.79 Å². The van der Waals surface area contributed by atoms with Crippen LogP contribution in [0.3, 0.4) is 0 Å². The Morgan fingerprint density at radius 1 is 1.00 bits per heavy atom. The smallest absolute Gasteiger partial charge is 0.287 e. The summed E-state index contributed by atoms with van der Waals surface area (Å²) in [5.74, 6) is -0.583. The van der Waals surface area contributed by atoms with Crippen LogP contribution < -0.4 is 16.0 Å². The monoisotopic (exact) mass is 405 g/mol. The minimum atomic E-state index is -0.677. The Hall–Kier alpha value is -2.80. The van der Waals surface area contributed by atoms with Crippen molar-refractivity contribution in [1.82, 2.24) is 16.0 Å². The van der Waals surface area contributed by atoms with Gasteiger partial charge in [0.1, 0.15) is 6.04 Å². The van der Waals surface area contributed by atoms with Crippen molar-refractivity contribution in [3.8, 4) is 0 Å². The highest BCUT2D eigenvalue weighted by molar-refractivity contribution is 6.30. The van der Waals surface area contributed by atoms with Crippen LogP contribution in [0.15, 0.2) is 47.1 Å². The largest absolute Gasteiger partial charge is 0.459 e. The van der Waals surface area contributed by atoms with Crippen LogP contribution in [0.1, 0.15) is 41.2 Å². The molecular formula is C20H24ClN3O4. The van der Waals surface area contributed by atoms with Gasteiger partial charge in [-0.2, -0.15) is 0 Å². The highest BCUT2D eigenvalue weighted by atomic mass is 35.5.